The fraction of sp³-hybridized carbons (Fsp3) is 0.500. The van der Waals surface area contributed by atoms with Crippen LogP contribution in [0, 0.1) is 0 Å². The third-order valence-corrected chi connectivity index (χ3v) is 5.08. The summed E-state index contributed by atoms with van der Waals surface area (Å²) in [6.07, 6.45) is 2.54. The standard InChI is InChI=1S/C22H32N4O2/c1-18(26-12-15-27-16-13-26)17-24-22(23-11-10-21-9-6-14-28-21)25-19(2)20-7-4-3-5-8-20/h3-9,14,18-19H,10-13,15-17H2,1-2H3,(H2,23,24,25). The van der Waals surface area contributed by atoms with Gasteiger partial charge in [0.05, 0.1) is 32.1 Å². The van der Waals surface area contributed by atoms with E-state index >= 15 is 0 Å². The number of morpholine rings is 1. The normalized spacial score (nSPS) is 17.9. The number of nitrogens with one attached hydrogen (secondary N) is 2. The molecule has 0 amide bonds. The highest BCUT2D eigenvalue weighted by atomic mass is 16.5. The maximum absolute atomic E-state index is 5.45. The number of guanidine groups is 1. The van der Waals surface area contributed by atoms with E-state index in [4.69, 9.17) is 14.1 Å². The van der Waals surface area contributed by atoms with Crippen molar-refractivity contribution in [1.82, 2.24) is 15.5 Å². The molecule has 1 aromatic carbocycles. The van der Waals surface area contributed by atoms with Crippen LogP contribution in [0.3, 0.4) is 0 Å². The second-order valence-electron chi connectivity index (χ2n) is 7.22. The van der Waals surface area contributed by atoms with Crippen molar-refractivity contribution in [2.24, 2.45) is 4.99 Å². The quantitative estimate of drug-likeness (QED) is 0.541. The smallest absolute Gasteiger partial charge is 0.191 e. The molecule has 1 aromatic heterocycles. The minimum atomic E-state index is 0.176. The van der Waals surface area contributed by atoms with Crippen molar-refractivity contribution in [3.63, 3.8) is 0 Å². The number of nitrogens with zero attached hydrogens (tertiary/aromatic N) is 2. The van der Waals surface area contributed by atoms with E-state index in [9.17, 15) is 0 Å². The minimum Gasteiger partial charge on any atom is -0.469 e. The van der Waals surface area contributed by atoms with Crippen LogP contribution in [0.4, 0.5) is 0 Å². The van der Waals surface area contributed by atoms with E-state index in [1.54, 1.807) is 6.26 Å². The second kappa shape index (κ2) is 10.9. The molecule has 2 aromatic rings. The molecule has 1 fully saturated rings. The van der Waals surface area contributed by atoms with Crippen LogP contribution in [-0.4, -0.2) is 56.3 Å². The molecular weight excluding hydrogens is 352 g/mol. The zero-order valence-corrected chi connectivity index (χ0v) is 16.9. The number of rotatable bonds is 8. The molecule has 2 heterocycles. The second-order valence-corrected chi connectivity index (χ2v) is 7.22. The van der Waals surface area contributed by atoms with Gasteiger partial charge in [0.1, 0.15) is 5.76 Å². The van der Waals surface area contributed by atoms with Crippen molar-refractivity contribution in [1.29, 1.82) is 0 Å². The van der Waals surface area contributed by atoms with Crippen molar-refractivity contribution in [3.8, 4) is 0 Å². The number of aliphatic imine (C=N–C) groups is 1. The van der Waals surface area contributed by atoms with E-state index in [-0.39, 0.29) is 6.04 Å². The van der Waals surface area contributed by atoms with Gasteiger partial charge >= 0.3 is 0 Å². The largest absolute Gasteiger partial charge is 0.469 e. The minimum absolute atomic E-state index is 0.176. The summed E-state index contributed by atoms with van der Waals surface area (Å²) in [5.74, 6) is 1.81. The molecule has 1 saturated heterocycles. The fourth-order valence-corrected chi connectivity index (χ4v) is 3.30. The Morgan fingerprint density at radius 3 is 2.61 bits per heavy atom. The van der Waals surface area contributed by atoms with Crippen LogP contribution >= 0.6 is 0 Å². The van der Waals surface area contributed by atoms with Gasteiger partial charge in [0.15, 0.2) is 5.96 Å². The van der Waals surface area contributed by atoms with Crippen molar-refractivity contribution in [3.05, 3.63) is 60.1 Å². The maximum atomic E-state index is 5.45. The predicted octanol–water partition coefficient (Wildman–Crippen LogP) is 2.84. The maximum Gasteiger partial charge on any atom is 0.191 e. The Morgan fingerprint density at radius 2 is 1.89 bits per heavy atom. The molecule has 2 N–H and O–H groups in total. The van der Waals surface area contributed by atoms with Gasteiger partial charge in [-0.25, -0.2) is 0 Å². The van der Waals surface area contributed by atoms with Gasteiger partial charge in [-0.15, -0.1) is 0 Å². The third kappa shape index (κ3) is 6.39. The van der Waals surface area contributed by atoms with Crippen molar-refractivity contribution in [2.45, 2.75) is 32.4 Å². The van der Waals surface area contributed by atoms with Gasteiger partial charge in [0, 0.05) is 32.1 Å². The molecule has 1 aliphatic rings. The molecule has 2 unspecified atom stereocenters. The fourth-order valence-electron chi connectivity index (χ4n) is 3.30. The molecule has 1 aliphatic heterocycles. The number of furan rings is 1. The summed E-state index contributed by atoms with van der Waals surface area (Å²) < 4.78 is 10.9. The Morgan fingerprint density at radius 1 is 1.11 bits per heavy atom. The third-order valence-electron chi connectivity index (χ3n) is 5.08. The van der Waals surface area contributed by atoms with E-state index in [2.05, 4.69) is 53.6 Å². The Balaban J connectivity index is 1.58. The summed E-state index contributed by atoms with van der Waals surface area (Å²) in [7, 11) is 0. The molecule has 0 bridgehead atoms. The number of hydrogen-bond acceptors (Lipinski definition) is 4. The van der Waals surface area contributed by atoms with Gasteiger partial charge in [0.25, 0.3) is 0 Å². The predicted molar refractivity (Wildman–Crippen MR) is 113 cm³/mol. The SMILES string of the molecule is CC(NC(=NCC(C)N1CCOCC1)NCCc1ccco1)c1ccccc1. The molecule has 0 spiro atoms. The van der Waals surface area contributed by atoms with Gasteiger partial charge in [-0.2, -0.15) is 0 Å². The highest BCUT2D eigenvalue weighted by Crippen LogP contribution is 2.11. The molecule has 0 radical (unpaired) electrons. The monoisotopic (exact) mass is 384 g/mol. The van der Waals surface area contributed by atoms with Crippen LogP contribution in [0.5, 0.6) is 0 Å². The summed E-state index contributed by atoms with van der Waals surface area (Å²) in [6, 6.07) is 14.9. The molecule has 28 heavy (non-hydrogen) atoms. The molecule has 0 saturated carbocycles. The Kier molecular flexibility index (Phi) is 7.94. The number of benzene rings is 1. The van der Waals surface area contributed by atoms with Crippen molar-refractivity contribution in [2.75, 3.05) is 39.4 Å². The lowest BCUT2D eigenvalue weighted by molar-refractivity contribution is 0.0220. The van der Waals surface area contributed by atoms with Crippen LogP contribution in [-0.2, 0) is 11.2 Å². The van der Waals surface area contributed by atoms with Gasteiger partial charge < -0.3 is 19.8 Å². The zero-order chi connectivity index (χ0) is 19.6. The summed E-state index contributed by atoms with van der Waals surface area (Å²) in [4.78, 5) is 7.30. The number of hydrogen-bond donors (Lipinski definition) is 2. The van der Waals surface area contributed by atoms with Crippen LogP contribution < -0.4 is 10.6 Å². The topological polar surface area (TPSA) is 62.0 Å². The first-order chi connectivity index (χ1) is 13.7. The average molecular weight is 385 g/mol. The zero-order valence-electron chi connectivity index (χ0n) is 16.9. The lowest BCUT2D eigenvalue weighted by atomic mass is 10.1. The van der Waals surface area contributed by atoms with E-state index in [0.29, 0.717) is 6.04 Å². The first-order valence-corrected chi connectivity index (χ1v) is 10.2. The summed E-state index contributed by atoms with van der Waals surface area (Å²) in [5, 5.41) is 6.99. The molecule has 3 rings (SSSR count). The average Bonchev–Trinajstić information content (AvgIpc) is 3.26. The van der Waals surface area contributed by atoms with E-state index in [1.807, 2.05) is 18.2 Å². The molecule has 2 atom stereocenters. The summed E-state index contributed by atoms with van der Waals surface area (Å²) in [5.41, 5.74) is 1.24. The van der Waals surface area contributed by atoms with Gasteiger partial charge in [-0.05, 0) is 31.5 Å². The highest BCUT2D eigenvalue weighted by Gasteiger charge is 2.17. The Hall–Kier alpha value is -2.31. The molecule has 6 heteroatoms. The van der Waals surface area contributed by atoms with Crippen molar-refractivity contribution >= 4 is 5.96 Å². The lowest BCUT2D eigenvalue weighted by Crippen LogP contribution is -2.45. The van der Waals surface area contributed by atoms with Crippen LogP contribution in [0.2, 0.25) is 0 Å². The molecule has 152 valence electrons. The van der Waals surface area contributed by atoms with Crippen LogP contribution in [0.15, 0.2) is 58.1 Å². The van der Waals surface area contributed by atoms with Crippen LogP contribution in [0.1, 0.15) is 31.2 Å². The van der Waals surface area contributed by atoms with Gasteiger partial charge in [0.2, 0.25) is 0 Å². The molecular formula is C22H32N4O2. The Labute approximate surface area is 168 Å². The van der Waals surface area contributed by atoms with E-state index in [0.717, 1.165) is 57.5 Å². The first kappa shape index (κ1) is 20.4. The molecule has 6 nitrogen and oxygen atoms in total. The highest BCUT2D eigenvalue weighted by molar-refractivity contribution is 5.80. The summed E-state index contributed by atoms with van der Waals surface area (Å²) >= 11 is 0. The van der Waals surface area contributed by atoms with Crippen LogP contribution in [0.25, 0.3) is 0 Å². The Bertz CT molecular complexity index is 697. The lowest BCUT2D eigenvalue weighted by Gasteiger charge is -2.31. The number of ether oxygens (including phenoxy) is 1. The van der Waals surface area contributed by atoms with Crippen molar-refractivity contribution < 1.29 is 9.15 Å². The van der Waals surface area contributed by atoms with Gasteiger partial charge in [-0.1, -0.05) is 30.3 Å². The molecule has 0 aliphatic carbocycles. The first-order valence-electron chi connectivity index (χ1n) is 10.2. The summed E-state index contributed by atoms with van der Waals surface area (Å²) in [6.45, 7) is 9.49. The van der Waals surface area contributed by atoms with E-state index in [1.165, 1.54) is 5.56 Å². The van der Waals surface area contributed by atoms with E-state index < -0.39 is 0 Å². The van der Waals surface area contributed by atoms with Gasteiger partial charge in [-0.3, -0.25) is 9.89 Å².